The molecule has 1 saturated heterocycles. The van der Waals surface area contributed by atoms with Crippen molar-refractivity contribution < 1.29 is 0 Å². The molecule has 142 valence electrons. The second kappa shape index (κ2) is 10.8. The van der Waals surface area contributed by atoms with Gasteiger partial charge in [0.1, 0.15) is 0 Å². The van der Waals surface area contributed by atoms with Gasteiger partial charge in [-0.25, -0.2) is 4.98 Å². The fraction of sp³-hybridized carbons (Fsp3) is 0.789. The quantitative estimate of drug-likeness (QED) is 0.436. The lowest BCUT2D eigenvalue weighted by Crippen LogP contribution is -2.38. The van der Waals surface area contributed by atoms with Crippen LogP contribution in [-0.4, -0.2) is 60.5 Å². The molecule has 0 radical (unpaired) electrons. The lowest BCUT2D eigenvalue weighted by atomic mass is 10.0. The molecule has 1 unspecified atom stereocenters. The minimum Gasteiger partial charge on any atom is -0.357 e. The molecule has 0 spiro atoms. The van der Waals surface area contributed by atoms with Crippen molar-refractivity contribution in [2.24, 2.45) is 10.9 Å². The highest BCUT2D eigenvalue weighted by molar-refractivity contribution is 7.09. The maximum absolute atomic E-state index is 4.80. The van der Waals surface area contributed by atoms with Crippen molar-refractivity contribution in [2.45, 2.75) is 53.0 Å². The van der Waals surface area contributed by atoms with Gasteiger partial charge in [0.2, 0.25) is 0 Å². The summed E-state index contributed by atoms with van der Waals surface area (Å²) in [5, 5.41) is 6.65. The monoisotopic (exact) mass is 365 g/mol. The highest BCUT2D eigenvalue weighted by atomic mass is 32.1. The van der Waals surface area contributed by atoms with E-state index in [4.69, 9.17) is 4.99 Å². The van der Waals surface area contributed by atoms with Crippen molar-refractivity contribution in [2.75, 3.05) is 39.8 Å². The number of piperidine rings is 1. The van der Waals surface area contributed by atoms with Crippen LogP contribution in [0.1, 0.15) is 50.2 Å². The third-order valence-corrected chi connectivity index (χ3v) is 5.47. The molecule has 1 aliphatic heterocycles. The van der Waals surface area contributed by atoms with E-state index in [2.05, 4.69) is 53.3 Å². The van der Waals surface area contributed by atoms with Gasteiger partial charge in [-0.3, -0.25) is 4.99 Å². The summed E-state index contributed by atoms with van der Waals surface area (Å²) in [6.45, 7) is 12.9. The third-order valence-electron chi connectivity index (χ3n) is 4.65. The first-order valence-corrected chi connectivity index (χ1v) is 10.6. The van der Waals surface area contributed by atoms with Gasteiger partial charge >= 0.3 is 0 Å². The number of likely N-dealkylation sites (tertiary alicyclic amines) is 1. The maximum Gasteiger partial charge on any atom is 0.194 e. The Morgan fingerprint density at radius 3 is 3.00 bits per heavy atom. The average Bonchev–Trinajstić information content (AvgIpc) is 2.98. The molecule has 1 fully saturated rings. The topological polar surface area (TPSA) is 43.8 Å². The van der Waals surface area contributed by atoms with Crippen LogP contribution in [0.2, 0.25) is 0 Å². The van der Waals surface area contributed by atoms with Gasteiger partial charge in [-0.15, -0.1) is 11.3 Å². The predicted molar refractivity (Wildman–Crippen MR) is 108 cm³/mol. The van der Waals surface area contributed by atoms with E-state index in [1.807, 2.05) is 0 Å². The van der Waals surface area contributed by atoms with Crippen molar-refractivity contribution in [3.63, 3.8) is 0 Å². The molecule has 1 aromatic heterocycles. The minimum atomic E-state index is 0.807. The fourth-order valence-corrected chi connectivity index (χ4v) is 3.99. The number of thiazole rings is 1. The molecule has 0 bridgehead atoms. The Hall–Kier alpha value is -1.14. The SMILES string of the molecule is CCNC(=NCCCCN1CCCC(C)C1)N(C)Cc1csc(C)n1. The van der Waals surface area contributed by atoms with Crippen molar-refractivity contribution >= 4 is 17.3 Å². The van der Waals surface area contributed by atoms with Crippen molar-refractivity contribution in [3.8, 4) is 0 Å². The molecule has 2 heterocycles. The summed E-state index contributed by atoms with van der Waals surface area (Å²) in [6, 6.07) is 0. The van der Waals surface area contributed by atoms with E-state index < -0.39 is 0 Å². The van der Waals surface area contributed by atoms with Crippen LogP contribution in [0.3, 0.4) is 0 Å². The van der Waals surface area contributed by atoms with E-state index in [-0.39, 0.29) is 0 Å². The first-order valence-electron chi connectivity index (χ1n) is 9.71. The van der Waals surface area contributed by atoms with Crippen molar-refractivity contribution in [1.82, 2.24) is 20.1 Å². The summed E-state index contributed by atoms with van der Waals surface area (Å²) >= 11 is 1.71. The summed E-state index contributed by atoms with van der Waals surface area (Å²) in [5.74, 6) is 1.86. The van der Waals surface area contributed by atoms with Gasteiger partial charge in [-0.1, -0.05) is 6.92 Å². The van der Waals surface area contributed by atoms with Gasteiger partial charge in [0.25, 0.3) is 0 Å². The van der Waals surface area contributed by atoms with Gasteiger partial charge in [-0.05, 0) is 58.5 Å². The zero-order chi connectivity index (χ0) is 18.1. The molecule has 0 aromatic carbocycles. The Morgan fingerprint density at radius 2 is 2.32 bits per heavy atom. The van der Waals surface area contributed by atoms with E-state index in [9.17, 15) is 0 Å². The number of aromatic nitrogens is 1. The molecule has 1 aromatic rings. The van der Waals surface area contributed by atoms with Gasteiger partial charge < -0.3 is 15.1 Å². The molecule has 25 heavy (non-hydrogen) atoms. The number of rotatable bonds is 8. The number of guanidine groups is 1. The zero-order valence-corrected chi connectivity index (χ0v) is 17.2. The Balaban J connectivity index is 1.72. The van der Waals surface area contributed by atoms with Crippen LogP contribution in [0.5, 0.6) is 0 Å². The average molecular weight is 366 g/mol. The normalized spacial score (nSPS) is 19.2. The van der Waals surface area contributed by atoms with E-state index in [0.717, 1.165) is 48.6 Å². The molecule has 0 amide bonds. The fourth-order valence-electron chi connectivity index (χ4n) is 3.39. The number of nitrogens with one attached hydrogen (secondary N) is 1. The standard InChI is InChI=1S/C19H35N5S/c1-5-20-19(23(4)14-18-15-25-17(3)22-18)21-10-6-7-11-24-12-8-9-16(2)13-24/h15-16H,5-14H2,1-4H3,(H,20,21). The van der Waals surface area contributed by atoms with Crippen LogP contribution in [0.25, 0.3) is 0 Å². The molecule has 1 N–H and O–H groups in total. The second-order valence-electron chi connectivity index (χ2n) is 7.20. The van der Waals surface area contributed by atoms with Gasteiger partial charge in [0.15, 0.2) is 5.96 Å². The Morgan fingerprint density at radius 1 is 1.48 bits per heavy atom. The number of hydrogen-bond acceptors (Lipinski definition) is 4. The summed E-state index contributed by atoms with van der Waals surface area (Å²) in [6.07, 6.45) is 5.16. The van der Waals surface area contributed by atoms with Gasteiger partial charge in [0.05, 0.1) is 17.2 Å². The smallest absolute Gasteiger partial charge is 0.194 e. The van der Waals surface area contributed by atoms with Crippen LogP contribution in [0.4, 0.5) is 0 Å². The van der Waals surface area contributed by atoms with E-state index in [1.54, 1.807) is 11.3 Å². The molecule has 5 nitrogen and oxygen atoms in total. The van der Waals surface area contributed by atoms with Crippen LogP contribution >= 0.6 is 11.3 Å². The van der Waals surface area contributed by atoms with E-state index in [0.29, 0.717) is 0 Å². The first-order chi connectivity index (χ1) is 12.1. The molecule has 0 aliphatic carbocycles. The Bertz CT molecular complexity index is 528. The predicted octanol–water partition coefficient (Wildman–Crippen LogP) is 3.36. The largest absolute Gasteiger partial charge is 0.357 e. The van der Waals surface area contributed by atoms with Crippen LogP contribution in [0, 0.1) is 12.8 Å². The van der Waals surface area contributed by atoms with Crippen LogP contribution in [0.15, 0.2) is 10.4 Å². The molecular weight excluding hydrogens is 330 g/mol. The zero-order valence-electron chi connectivity index (χ0n) is 16.4. The number of unbranched alkanes of at least 4 members (excludes halogenated alkanes) is 1. The Labute approximate surface area is 157 Å². The third kappa shape index (κ3) is 7.32. The summed E-state index contributed by atoms with van der Waals surface area (Å²) in [7, 11) is 2.09. The van der Waals surface area contributed by atoms with Crippen LogP contribution in [-0.2, 0) is 6.54 Å². The number of aliphatic imine (C=N–C) groups is 1. The highest BCUT2D eigenvalue weighted by Crippen LogP contribution is 2.15. The molecule has 1 aliphatic rings. The number of aryl methyl sites for hydroxylation is 1. The van der Waals surface area contributed by atoms with Crippen LogP contribution < -0.4 is 5.32 Å². The van der Waals surface area contributed by atoms with Gasteiger partial charge in [0, 0.05) is 32.1 Å². The van der Waals surface area contributed by atoms with Gasteiger partial charge in [-0.2, -0.15) is 0 Å². The maximum atomic E-state index is 4.80. The molecule has 1 atom stereocenters. The Kier molecular flexibility index (Phi) is 8.68. The molecule has 0 saturated carbocycles. The van der Waals surface area contributed by atoms with E-state index in [1.165, 1.54) is 38.9 Å². The van der Waals surface area contributed by atoms with Crippen molar-refractivity contribution in [1.29, 1.82) is 0 Å². The highest BCUT2D eigenvalue weighted by Gasteiger charge is 2.15. The second-order valence-corrected chi connectivity index (χ2v) is 8.27. The lowest BCUT2D eigenvalue weighted by Gasteiger charge is -2.30. The number of nitrogens with zero attached hydrogens (tertiary/aromatic N) is 4. The number of hydrogen-bond donors (Lipinski definition) is 1. The molecular formula is C19H35N5S. The first kappa shape index (κ1) is 20.2. The summed E-state index contributed by atoms with van der Waals surface area (Å²) in [5.41, 5.74) is 1.12. The summed E-state index contributed by atoms with van der Waals surface area (Å²) < 4.78 is 0. The summed E-state index contributed by atoms with van der Waals surface area (Å²) in [4.78, 5) is 14.1. The molecule has 2 rings (SSSR count). The van der Waals surface area contributed by atoms with Crippen molar-refractivity contribution in [3.05, 3.63) is 16.1 Å². The van der Waals surface area contributed by atoms with E-state index >= 15 is 0 Å². The lowest BCUT2D eigenvalue weighted by molar-refractivity contribution is 0.181. The minimum absolute atomic E-state index is 0.807. The molecule has 6 heteroatoms.